The van der Waals surface area contributed by atoms with E-state index in [0.717, 1.165) is 38.3 Å². The summed E-state index contributed by atoms with van der Waals surface area (Å²) in [7, 11) is -3.93. The van der Waals surface area contributed by atoms with E-state index in [2.05, 4.69) is 5.32 Å². The number of rotatable bonds is 8. The molecule has 198 valence electrons. The van der Waals surface area contributed by atoms with Gasteiger partial charge in [-0.3, -0.25) is 4.79 Å². The number of carboxylic acids is 1. The molecule has 0 fully saturated rings. The molecule has 0 radical (unpaired) electrons. The topological polar surface area (TPSA) is 110 Å². The van der Waals surface area contributed by atoms with E-state index in [-0.39, 0.29) is 23.3 Å². The van der Waals surface area contributed by atoms with Gasteiger partial charge in [0.25, 0.3) is 5.91 Å². The summed E-state index contributed by atoms with van der Waals surface area (Å²) < 4.78 is 80.6. The number of ether oxygens (including phenoxy) is 1. The van der Waals surface area contributed by atoms with E-state index in [4.69, 9.17) is 4.74 Å². The number of benzene rings is 3. The second kappa shape index (κ2) is 10.0. The molecule has 7 nitrogen and oxygen atoms in total. The Labute approximate surface area is 210 Å². The predicted molar refractivity (Wildman–Crippen MR) is 127 cm³/mol. The number of fused-ring (bicyclic) bond motifs is 1. The molecule has 0 saturated carbocycles. The number of halogens is 4. The standard InChI is InChI=1S/C25H23F4NO6S/c1-24(2,37(3,34)35)21(23(32)33)30-22(31)19-10-6-15-12-17(26)9-11-18(15)20(19)36-13-14-4-7-16(8-5-14)25(27,28)29/h4-12,21H,13H2,1-3H3,(H,30,31)(H,32,33)/t21-/m1/s1. The van der Waals surface area contributed by atoms with Crippen LogP contribution in [-0.4, -0.2) is 42.4 Å². The zero-order valence-electron chi connectivity index (χ0n) is 19.9. The number of carbonyl (C=O) groups excluding carboxylic acids is 1. The Morgan fingerprint density at radius 2 is 1.65 bits per heavy atom. The molecule has 0 unspecified atom stereocenters. The Balaban J connectivity index is 2.01. The number of aliphatic carboxylic acids is 1. The van der Waals surface area contributed by atoms with Crippen molar-refractivity contribution in [3.8, 4) is 5.75 Å². The van der Waals surface area contributed by atoms with Gasteiger partial charge in [-0.25, -0.2) is 17.6 Å². The van der Waals surface area contributed by atoms with Crippen LogP contribution in [-0.2, 0) is 27.4 Å². The first kappa shape index (κ1) is 27.9. The largest absolute Gasteiger partial charge is 0.487 e. The normalized spacial score (nSPS) is 13.3. The van der Waals surface area contributed by atoms with E-state index < -0.39 is 50.1 Å². The van der Waals surface area contributed by atoms with Crippen molar-refractivity contribution in [2.45, 2.75) is 37.4 Å². The van der Waals surface area contributed by atoms with Gasteiger partial charge in [-0.15, -0.1) is 0 Å². The monoisotopic (exact) mass is 541 g/mol. The van der Waals surface area contributed by atoms with E-state index in [1.54, 1.807) is 0 Å². The van der Waals surface area contributed by atoms with Crippen LogP contribution in [0.1, 0.15) is 35.3 Å². The molecule has 12 heteroatoms. The summed E-state index contributed by atoms with van der Waals surface area (Å²) in [6.07, 6.45) is -3.68. The molecule has 3 aromatic rings. The van der Waals surface area contributed by atoms with Crippen LogP contribution in [0.5, 0.6) is 5.75 Å². The highest BCUT2D eigenvalue weighted by molar-refractivity contribution is 7.92. The molecule has 3 rings (SSSR count). The second-order valence-electron chi connectivity index (χ2n) is 8.91. The molecule has 0 aliphatic heterocycles. The molecule has 0 bridgehead atoms. The molecule has 2 N–H and O–H groups in total. The number of nitrogens with one attached hydrogen (secondary N) is 1. The minimum absolute atomic E-state index is 0.0869. The van der Waals surface area contributed by atoms with Gasteiger partial charge in [-0.1, -0.05) is 18.2 Å². The van der Waals surface area contributed by atoms with Gasteiger partial charge in [0.05, 0.1) is 15.9 Å². The highest BCUT2D eigenvalue weighted by atomic mass is 32.2. The fourth-order valence-corrected chi connectivity index (χ4v) is 4.10. The van der Waals surface area contributed by atoms with Crippen LogP contribution in [0.25, 0.3) is 10.8 Å². The summed E-state index contributed by atoms with van der Waals surface area (Å²) in [4.78, 5) is 25.1. The third-order valence-electron chi connectivity index (χ3n) is 6.01. The molecule has 0 heterocycles. The van der Waals surface area contributed by atoms with E-state index in [0.29, 0.717) is 10.9 Å². The van der Waals surface area contributed by atoms with E-state index in [9.17, 15) is 40.7 Å². The minimum Gasteiger partial charge on any atom is -0.487 e. The summed E-state index contributed by atoms with van der Waals surface area (Å²) >= 11 is 0. The Morgan fingerprint density at radius 3 is 2.19 bits per heavy atom. The Morgan fingerprint density at radius 1 is 1.03 bits per heavy atom. The molecule has 1 amide bonds. The van der Waals surface area contributed by atoms with Crippen molar-refractivity contribution in [3.63, 3.8) is 0 Å². The summed E-state index contributed by atoms with van der Waals surface area (Å²) in [5.74, 6) is -3.22. The van der Waals surface area contributed by atoms with E-state index in [1.165, 1.54) is 36.4 Å². The number of carbonyl (C=O) groups is 2. The first-order chi connectivity index (χ1) is 17.0. The predicted octanol–water partition coefficient (Wildman–Crippen LogP) is 4.58. The van der Waals surface area contributed by atoms with Crippen molar-refractivity contribution in [2.24, 2.45) is 0 Å². The van der Waals surface area contributed by atoms with E-state index in [1.807, 2.05) is 0 Å². The molecule has 0 aliphatic carbocycles. The summed E-state index contributed by atoms with van der Waals surface area (Å²) in [5.41, 5.74) is -0.702. The van der Waals surface area contributed by atoms with Crippen molar-refractivity contribution in [1.29, 1.82) is 0 Å². The quantitative estimate of drug-likeness (QED) is 0.404. The average Bonchev–Trinajstić information content (AvgIpc) is 2.79. The van der Waals surface area contributed by atoms with Gasteiger partial charge in [-0.2, -0.15) is 13.2 Å². The zero-order chi connectivity index (χ0) is 27.8. The molecule has 1 atom stereocenters. The number of hydrogen-bond donors (Lipinski definition) is 2. The fraction of sp³-hybridized carbons (Fsp3) is 0.280. The highest BCUT2D eigenvalue weighted by Gasteiger charge is 2.44. The van der Waals surface area contributed by atoms with Gasteiger partial charge in [-0.05, 0) is 61.2 Å². The summed E-state index contributed by atoms with van der Waals surface area (Å²) in [6.45, 7) is 2.05. The van der Waals surface area contributed by atoms with Crippen LogP contribution in [0.3, 0.4) is 0 Å². The van der Waals surface area contributed by atoms with Crippen LogP contribution in [0.2, 0.25) is 0 Å². The lowest BCUT2D eigenvalue weighted by Gasteiger charge is -2.30. The average molecular weight is 542 g/mol. The second-order valence-corrected chi connectivity index (χ2v) is 11.5. The van der Waals surface area contributed by atoms with Gasteiger partial charge in [0.1, 0.15) is 24.2 Å². The number of sulfone groups is 1. The van der Waals surface area contributed by atoms with Crippen molar-refractivity contribution in [3.05, 3.63) is 77.1 Å². The molecular weight excluding hydrogens is 518 g/mol. The smallest absolute Gasteiger partial charge is 0.416 e. The Kier molecular flexibility index (Phi) is 7.54. The maximum Gasteiger partial charge on any atom is 0.416 e. The van der Waals surface area contributed by atoms with Gasteiger partial charge in [0.2, 0.25) is 0 Å². The van der Waals surface area contributed by atoms with Crippen molar-refractivity contribution < 1.29 is 45.4 Å². The van der Waals surface area contributed by atoms with Crippen LogP contribution < -0.4 is 10.1 Å². The van der Waals surface area contributed by atoms with Crippen LogP contribution in [0, 0.1) is 5.82 Å². The lowest BCUT2D eigenvalue weighted by molar-refractivity contribution is -0.140. The SMILES string of the molecule is CC(C)([C@H](NC(=O)c1ccc2cc(F)ccc2c1OCc1ccc(C(F)(F)F)cc1)C(=O)O)S(C)(=O)=O. The number of hydrogen-bond acceptors (Lipinski definition) is 5. The summed E-state index contributed by atoms with van der Waals surface area (Å²) in [6, 6.07) is 8.58. The molecule has 3 aromatic carbocycles. The minimum atomic E-state index is -4.52. The summed E-state index contributed by atoms with van der Waals surface area (Å²) in [5, 5.41) is 12.5. The fourth-order valence-electron chi connectivity index (χ4n) is 3.51. The molecular formula is C25H23F4NO6S. The Hall–Kier alpha value is -3.67. The number of carboxylic acid groups (broad SMARTS) is 1. The Bertz CT molecular complexity index is 1450. The van der Waals surface area contributed by atoms with E-state index >= 15 is 0 Å². The van der Waals surface area contributed by atoms with Crippen molar-refractivity contribution in [1.82, 2.24) is 5.32 Å². The highest BCUT2D eigenvalue weighted by Crippen LogP contribution is 2.33. The first-order valence-electron chi connectivity index (χ1n) is 10.8. The van der Waals surface area contributed by atoms with Gasteiger partial charge >= 0.3 is 12.1 Å². The first-order valence-corrected chi connectivity index (χ1v) is 12.7. The third kappa shape index (κ3) is 6.01. The third-order valence-corrected chi connectivity index (χ3v) is 8.16. The van der Waals surface area contributed by atoms with Gasteiger partial charge < -0.3 is 15.2 Å². The lowest BCUT2D eigenvalue weighted by atomic mass is 10.0. The van der Waals surface area contributed by atoms with Crippen molar-refractivity contribution >= 4 is 32.5 Å². The van der Waals surface area contributed by atoms with Crippen molar-refractivity contribution in [2.75, 3.05) is 6.26 Å². The maximum atomic E-state index is 13.8. The number of alkyl halides is 3. The van der Waals surface area contributed by atoms with Crippen LogP contribution in [0.4, 0.5) is 17.6 Å². The molecule has 0 spiro atoms. The molecule has 0 aliphatic rings. The molecule has 37 heavy (non-hydrogen) atoms. The van der Waals surface area contributed by atoms with Crippen LogP contribution in [0.15, 0.2) is 54.6 Å². The molecule has 0 saturated heterocycles. The van der Waals surface area contributed by atoms with Crippen LogP contribution >= 0.6 is 0 Å². The molecule has 0 aromatic heterocycles. The maximum absolute atomic E-state index is 13.8. The van der Waals surface area contributed by atoms with Gasteiger partial charge in [0.15, 0.2) is 9.84 Å². The lowest BCUT2D eigenvalue weighted by Crippen LogP contribution is -2.57. The zero-order valence-corrected chi connectivity index (χ0v) is 20.7. The van der Waals surface area contributed by atoms with Gasteiger partial charge in [0, 0.05) is 11.6 Å². The number of amides is 1.